The first-order valence-electron chi connectivity index (χ1n) is 8.55. The van der Waals surface area contributed by atoms with Crippen molar-refractivity contribution in [2.45, 2.75) is 25.5 Å². The number of aromatic nitrogens is 2. The lowest BCUT2D eigenvalue weighted by molar-refractivity contribution is 0.0926. The van der Waals surface area contributed by atoms with E-state index in [9.17, 15) is 0 Å². The number of thiophene rings is 1. The van der Waals surface area contributed by atoms with E-state index in [-0.39, 0.29) is 12.7 Å². The molecule has 0 saturated carbocycles. The van der Waals surface area contributed by atoms with Crippen LogP contribution in [0.4, 0.5) is 0 Å². The monoisotopic (exact) mass is 369 g/mol. The van der Waals surface area contributed by atoms with Gasteiger partial charge in [-0.05, 0) is 35.5 Å². The van der Waals surface area contributed by atoms with Gasteiger partial charge in [-0.2, -0.15) is 0 Å². The van der Waals surface area contributed by atoms with Crippen molar-refractivity contribution in [1.82, 2.24) is 15.0 Å². The predicted octanol–water partition coefficient (Wildman–Crippen LogP) is 3.34. The molecule has 1 fully saturated rings. The van der Waals surface area contributed by atoms with Crippen molar-refractivity contribution in [2.24, 2.45) is 0 Å². The molecule has 3 aromatic heterocycles. The van der Waals surface area contributed by atoms with E-state index in [1.807, 2.05) is 23.7 Å². The molecule has 0 unspecified atom stereocenters. The Hall–Kier alpha value is -2.56. The second-order valence-electron chi connectivity index (χ2n) is 6.16. The predicted molar refractivity (Wildman–Crippen MR) is 99.4 cm³/mol. The first-order valence-corrected chi connectivity index (χ1v) is 9.43. The van der Waals surface area contributed by atoms with Gasteiger partial charge < -0.3 is 14.0 Å². The molecule has 134 valence electrons. The molecule has 4 rings (SSSR count). The van der Waals surface area contributed by atoms with Gasteiger partial charge in [-0.3, -0.25) is 9.88 Å². The van der Waals surface area contributed by atoms with Crippen molar-refractivity contribution in [2.75, 3.05) is 19.7 Å². The molecule has 3 aromatic rings. The summed E-state index contributed by atoms with van der Waals surface area (Å²) in [5.41, 5.74) is 0.998. The summed E-state index contributed by atoms with van der Waals surface area (Å²) in [7, 11) is 0. The molecule has 0 radical (unpaired) electrons. The Bertz CT molecular complexity index is 906. The zero-order valence-corrected chi connectivity index (χ0v) is 15.1. The summed E-state index contributed by atoms with van der Waals surface area (Å²) in [6.45, 7) is 2.81. The molecular formula is C19H19N3O3S. The zero-order chi connectivity index (χ0) is 17.8. The molecule has 1 saturated heterocycles. The minimum Gasteiger partial charge on any atom is -0.489 e. The van der Waals surface area contributed by atoms with Gasteiger partial charge in [0, 0.05) is 25.4 Å². The van der Waals surface area contributed by atoms with Crippen LogP contribution in [-0.4, -0.2) is 40.8 Å². The normalized spacial score (nSPS) is 15.8. The Balaban J connectivity index is 1.29. The summed E-state index contributed by atoms with van der Waals surface area (Å²) in [5, 5.41) is 5.91. The SMILES string of the molecule is C#CCOc1cc(CN2CCC(Oc3ccnc4ccsc34)CC2)on1. The first-order chi connectivity index (χ1) is 12.8. The molecule has 0 spiro atoms. The lowest BCUT2D eigenvalue weighted by Gasteiger charge is -2.31. The minimum atomic E-state index is 0.196. The number of rotatable bonds is 6. The highest BCUT2D eigenvalue weighted by Gasteiger charge is 2.22. The average molecular weight is 369 g/mol. The fourth-order valence-corrected chi connectivity index (χ4v) is 3.89. The molecule has 0 N–H and O–H groups in total. The number of ether oxygens (including phenoxy) is 2. The molecule has 0 bridgehead atoms. The third-order valence-corrected chi connectivity index (χ3v) is 5.27. The maximum absolute atomic E-state index is 6.24. The van der Waals surface area contributed by atoms with Crippen molar-refractivity contribution in [3.8, 4) is 24.0 Å². The van der Waals surface area contributed by atoms with E-state index >= 15 is 0 Å². The standard InChI is InChI=1S/C19H19N3O3S/c1-2-10-23-18-12-15(25-21-18)13-22-8-4-14(5-9-22)24-17-3-7-20-16-6-11-26-19(16)17/h1,3,6-7,11-12,14H,4-5,8-10,13H2. The molecule has 0 atom stereocenters. The van der Waals surface area contributed by atoms with Gasteiger partial charge in [0.15, 0.2) is 12.4 Å². The summed E-state index contributed by atoms with van der Waals surface area (Å²) in [6, 6.07) is 5.77. The van der Waals surface area contributed by atoms with Crippen LogP contribution in [0, 0.1) is 12.3 Å². The van der Waals surface area contributed by atoms with Crippen LogP contribution in [0.2, 0.25) is 0 Å². The van der Waals surface area contributed by atoms with Crippen molar-refractivity contribution in [3.05, 3.63) is 35.5 Å². The van der Waals surface area contributed by atoms with Crippen LogP contribution in [0.5, 0.6) is 11.6 Å². The zero-order valence-electron chi connectivity index (χ0n) is 14.3. The van der Waals surface area contributed by atoms with Crippen LogP contribution < -0.4 is 9.47 Å². The van der Waals surface area contributed by atoms with Gasteiger partial charge in [-0.25, -0.2) is 0 Å². The molecule has 7 heteroatoms. The van der Waals surface area contributed by atoms with Crippen LogP contribution in [0.3, 0.4) is 0 Å². The lowest BCUT2D eigenvalue weighted by atomic mass is 10.1. The molecular weight excluding hydrogens is 350 g/mol. The number of pyridine rings is 1. The van der Waals surface area contributed by atoms with Gasteiger partial charge in [0.25, 0.3) is 5.88 Å². The van der Waals surface area contributed by atoms with Gasteiger partial charge in [0.2, 0.25) is 0 Å². The van der Waals surface area contributed by atoms with E-state index in [1.54, 1.807) is 17.4 Å². The van der Waals surface area contributed by atoms with Crippen LogP contribution in [0.25, 0.3) is 10.2 Å². The summed E-state index contributed by atoms with van der Waals surface area (Å²) in [4.78, 5) is 6.69. The topological polar surface area (TPSA) is 60.6 Å². The Labute approximate surface area is 155 Å². The fraction of sp³-hybridized carbons (Fsp3) is 0.368. The summed E-state index contributed by atoms with van der Waals surface area (Å²) in [5.74, 6) is 4.57. The van der Waals surface area contributed by atoms with Gasteiger partial charge >= 0.3 is 0 Å². The largest absolute Gasteiger partial charge is 0.489 e. The summed E-state index contributed by atoms with van der Waals surface area (Å²) < 4.78 is 17.9. The molecule has 0 aliphatic carbocycles. The fourth-order valence-electron chi connectivity index (χ4n) is 3.08. The number of likely N-dealkylation sites (tertiary alicyclic amines) is 1. The third kappa shape index (κ3) is 3.82. The molecule has 0 aromatic carbocycles. The summed E-state index contributed by atoms with van der Waals surface area (Å²) in [6.07, 6.45) is 9.15. The van der Waals surface area contributed by atoms with Crippen LogP contribution >= 0.6 is 11.3 Å². The highest BCUT2D eigenvalue weighted by Crippen LogP contribution is 2.31. The molecule has 4 heterocycles. The molecule has 0 amide bonds. The van der Waals surface area contributed by atoms with Crippen LogP contribution in [0.1, 0.15) is 18.6 Å². The number of fused-ring (bicyclic) bond motifs is 1. The second-order valence-corrected chi connectivity index (χ2v) is 7.08. The first kappa shape index (κ1) is 16.9. The number of terminal acetylenes is 1. The van der Waals surface area contributed by atoms with Crippen LogP contribution in [0.15, 0.2) is 34.3 Å². The molecule has 6 nitrogen and oxygen atoms in total. The van der Waals surface area contributed by atoms with E-state index in [4.69, 9.17) is 20.4 Å². The Morgan fingerprint density at radius 3 is 3.08 bits per heavy atom. The van der Waals surface area contributed by atoms with Crippen molar-refractivity contribution >= 4 is 21.6 Å². The van der Waals surface area contributed by atoms with Gasteiger partial charge in [0.1, 0.15) is 11.9 Å². The van der Waals surface area contributed by atoms with Gasteiger partial charge in [-0.1, -0.05) is 5.92 Å². The highest BCUT2D eigenvalue weighted by molar-refractivity contribution is 7.17. The van der Waals surface area contributed by atoms with E-state index in [2.05, 4.69) is 21.0 Å². The van der Waals surface area contributed by atoms with E-state index in [0.717, 1.165) is 47.7 Å². The minimum absolute atomic E-state index is 0.196. The quantitative estimate of drug-likeness (QED) is 0.621. The average Bonchev–Trinajstić information content (AvgIpc) is 3.31. The number of piperidine rings is 1. The number of nitrogens with zero attached hydrogens (tertiary/aromatic N) is 3. The van der Waals surface area contributed by atoms with Crippen molar-refractivity contribution in [3.63, 3.8) is 0 Å². The Kier molecular flexibility index (Phi) is 5.04. The van der Waals surface area contributed by atoms with Crippen LogP contribution in [-0.2, 0) is 6.54 Å². The summed E-state index contributed by atoms with van der Waals surface area (Å²) >= 11 is 1.67. The van der Waals surface area contributed by atoms with Gasteiger partial charge in [-0.15, -0.1) is 17.8 Å². The highest BCUT2D eigenvalue weighted by atomic mass is 32.1. The van der Waals surface area contributed by atoms with E-state index < -0.39 is 0 Å². The molecule has 1 aliphatic rings. The smallest absolute Gasteiger partial charge is 0.255 e. The second kappa shape index (κ2) is 7.77. The van der Waals surface area contributed by atoms with Crippen molar-refractivity contribution < 1.29 is 14.0 Å². The number of hydrogen-bond donors (Lipinski definition) is 0. The van der Waals surface area contributed by atoms with Gasteiger partial charge in [0.05, 0.1) is 16.8 Å². The molecule has 26 heavy (non-hydrogen) atoms. The third-order valence-electron chi connectivity index (χ3n) is 4.36. The van der Waals surface area contributed by atoms with E-state index in [0.29, 0.717) is 12.4 Å². The maximum Gasteiger partial charge on any atom is 0.255 e. The van der Waals surface area contributed by atoms with Crippen molar-refractivity contribution in [1.29, 1.82) is 0 Å². The molecule has 1 aliphatic heterocycles. The lowest BCUT2D eigenvalue weighted by Crippen LogP contribution is -2.37. The maximum atomic E-state index is 6.24. The Morgan fingerprint density at radius 2 is 2.23 bits per heavy atom. The Morgan fingerprint density at radius 1 is 1.35 bits per heavy atom. The number of hydrogen-bond acceptors (Lipinski definition) is 7. The van der Waals surface area contributed by atoms with E-state index in [1.165, 1.54) is 0 Å².